The van der Waals surface area contributed by atoms with Gasteiger partial charge in [0.2, 0.25) is 0 Å². The number of hydrogen-bond acceptors (Lipinski definition) is 3. The minimum atomic E-state index is -0.156. The van der Waals surface area contributed by atoms with E-state index in [0.717, 1.165) is 11.3 Å². The average Bonchev–Trinajstić information content (AvgIpc) is 2.41. The molecule has 0 spiro atoms. The van der Waals surface area contributed by atoms with Crippen LogP contribution in [0.3, 0.4) is 0 Å². The SMILES string of the molecule is CC(C)c1cc(N)ccc1NC(=O)c1ccc(N)cc1. The molecule has 5 N–H and O–H groups in total. The standard InChI is InChI=1S/C16H19N3O/c1-10(2)14-9-13(18)7-8-15(14)19-16(20)11-3-5-12(17)6-4-11/h3-10H,17-18H2,1-2H3,(H,19,20). The van der Waals surface area contributed by atoms with Gasteiger partial charge in [0.25, 0.3) is 5.91 Å². The Balaban J connectivity index is 2.25. The maximum atomic E-state index is 12.2. The Morgan fingerprint density at radius 3 is 2.20 bits per heavy atom. The summed E-state index contributed by atoms with van der Waals surface area (Å²) >= 11 is 0. The number of anilines is 3. The van der Waals surface area contributed by atoms with E-state index in [4.69, 9.17) is 11.5 Å². The van der Waals surface area contributed by atoms with Crippen LogP contribution in [0.15, 0.2) is 42.5 Å². The second-order valence-electron chi connectivity index (χ2n) is 5.08. The van der Waals surface area contributed by atoms with E-state index in [1.807, 2.05) is 12.1 Å². The van der Waals surface area contributed by atoms with Gasteiger partial charge in [-0.2, -0.15) is 0 Å². The first-order chi connectivity index (χ1) is 9.47. The van der Waals surface area contributed by atoms with Gasteiger partial charge in [-0.25, -0.2) is 0 Å². The molecule has 104 valence electrons. The van der Waals surface area contributed by atoms with Gasteiger partial charge in [0.15, 0.2) is 0 Å². The molecule has 0 saturated carbocycles. The minimum Gasteiger partial charge on any atom is -0.399 e. The molecule has 1 amide bonds. The zero-order valence-electron chi connectivity index (χ0n) is 11.7. The van der Waals surface area contributed by atoms with Crippen molar-refractivity contribution in [1.29, 1.82) is 0 Å². The van der Waals surface area contributed by atoms with Crippen molar-refractivity contribution in [2.24, 2.45) is 0 Å². The molecule has 0 radical (unpaired) electrons. The first kappa shape index (κ1) is 13.9. The third-order valence-electron chi connectivity index (χ3n) is 3.12. The number of rotatable bonds is 3. The van der Waals surface area contributed by atoms with E-state index in [2.05, 4.69) is 19.2 Å². The fourth-order valence-electron chi connectivity index (χ4n) is 2.00. The molecule has 2 rings (SSSR count). The van der Waals surface area contributed by atoms with Crippen LogP contribution in [0.1, 0.15) is 35.7 Å². The third-order valence-corrected chi connectivity index (χ3v) is 3.12. The Morgan fingerprint density at radius 1 is 1.00 bits per heavy atom. The van der Waals surface area contributed by atoms with Gasteiger partial charge in [0, 0.05) is 22.6 Å². The van der Waals surface area contributed by atoms with Crippen LogP contribution in [0, 0.1) is 0 Å². The number of nitrogens with one attached hydrogen (secondary N) is 1. The van der Waals surface area contributed by atoms with E-state index in [1.54, 1.807) is 30.3 Å². The normalized spacial score (nSPS) is 10.6. The lowest BCUT2D eigenvalue weighted by atomic mass is 10.00. The predicted octanol–water partition coefficient (Wildman–Crippen LogP) is 3.23. The van der Waals surface area contributed by atoms with Gasteiger partial charge in [0.1, 0.15) is 0 Å². The van der Waals surface area contributed by atoms with Crippen molar-refractivity contribution in [2.45, 2.75) is 19.8 Å². The first-order valence-corrected chi connectivity index (χ1v) is 6.53. The van der Waals surface area contributed by atoms with E-state index in [0.29, 0.717) is 16.9 Å². The quantitative estimate of drug-likeness (QED) is 0.748. The molecule has 0 unspecified atom stereocenters. The highest BCUT2D eigenvalue weighted by molar-refractivity contribution is 6.05. The van der Waals surface area contributed by atoms with Gasteiger partial charge >= 0.3 is 0 Å². The molecule has 0 saturated heterocycles. The molecular formula is C16H19N3O. The third kappa shape index (κ3) is 3.09. The molecule has 0 bridgehead atoms. The van der Waals surface area contributed by atoms with Crippen LogP contribution >= 0.6 is 0 Å². The summed E-state index contributed by atoms with van der Waals surface area (Å²) in [4.78, 5) is 12.2. The predicted molar refractivity (Wildman–Crippen MR) is 83.8 cm³/mol. The van der Waals surface area contributed by atoms with Gasteiger partial charge in [-0.3, -0.25) is 4.79 Å². The summed E-state index contributed by atoms with van der Waals surface area (Å²) in [6.45, 7) is 4.13. The van der Waals surface area contributed by atoms with Crippen molar-refractivity contribution in [3.63, 3.8) is 0 Å². The van der Waals surface area contributed by atoms with E-state index in [-0.39, 0.29) is 11.8 Å². The summed E-state index contributed by atoms with van der Waals surface area (Å²) in [6, 6.07) is 12.3. The average molecular weight is 269 g/mol. The Kier molecular flexibility index (Phi) is 3.94. The van der Waals surface area contributed by atoms with Gasteiger partial charge < -0.3 is 16.8 Å². The van der Waals surface area contributed by atoms with Crippen LogP contribution in [0.25, 0.3) is 0 Å². The number of nitrogens with two attached hydrogens (primary N) is 2. The molecule has 20 heavy (non-hydrogen) atoms. The fraction of sp³-hybridized carbons (Fsp3) is 0.188. The number of carbonyl (C=O) groups excluding carboxylic acids is 1. The molecule has 0 fully saturated rings. The number of amides is 1. The molecule has 0 heterocycles. The highest BCUT2D eigenvalue weighted by atomic mass is 16.1. The van der Waals surface area contributed by atoms with Crippen LogP contribution in [-0.2, 0) is 0 Å². The monoisotopic (exact) mass is 269 g/mol. The zero-order valence-corrected chi connectivity index (χ0v) is 11.7. The van der Waals surface area contributed by atoms with Crippen molar-refractivity contribution < 1.29 is 4.79 Å². The second kappa shape index (κ2) is 5.65. The van der Waals surface area contributed by atoms with Crippen LogP contribution in [0.4, 0.5) is 17.1 Å². The summed E-state index contributed by atoms with van der Waals surface area (Å²) in [5.74, 6) is 0.122. The highest BCUT2D eigenvalue weighted by Crippen LogP contribution is 2.26. The molecule has 0 aliphatic heterocycles. The van der Waals surface area contributed by atoms with E-state index >= 15 is 0 Å². The molecule has 0 atom stereocenters. The van der Waals surface area contributed by atoms with E-state index in [9.17, 15) is 4.79 Å². The summed E-state index contributed by atoms with van der Waals surface area (Å²) in [7, 11) is 0. The number of carbonyl (C=O) groups is 1. The lowest BCUT2D eigenvalue weighted by Crippen LogP contribution is -2.14. The maximum absolute atomic E-state index is 12.2. The molecule has 0 aliphatic rings. The Morgan fingerprint density at radius 2 is 1.60 bits per heavy atom. The van der Waals surface area contributed by atoms with Gasteiger partial charge in [-0.1, -0.05) is 13.8 Å². The lowest BCUT2D eigenvalue weighted by molar-refractivity contribution is 0.102. The Labute approximate surface area is 118 Å². The molecule has 0 aromatic heterocycles. The number of nitrogen functional groups attached to an aromatic ring is 2. The van der Waals surface area contributed by atoms with Crippen LogP contribution in [0.2, 0.25) is 0 Å². The van der Waals surface area contributed by atoms with E-state index in [1.165, 1.54) is 0 Å². The van der Waals surface area contributed by atoms with Gasteiger partial charge in [-0.15, -0.1) is 0 Å². The Bertz CT molecular complexity index is 618. The molecule has 4 nitrogen and oxygen atoms in total. The molecule has 4 heteroatoms. The topological polar surface area (TPSA) is 81.1 Å². The smallest absolute Gasteiger partial charge is 0.255 e. The van der Waals surface area contributed by atoms with Crippen molar-refractivity contribution in [3.8, 4) is 0 Å². The fourth-order valence-corrected chi connectivity index (χ4v) is 2.00. The second-order valence-corrected chi connectivity index (χ2v) is 5.08. The van der Waals surface area contributed by atoms with Crippen molar-refractivity contribution >= 4 is 23.0 Å². The van der Waals surface area contributed by atoms with Crippen LogP contribution in [-0.4, -0.2) is 5.91 Å². The number of hydrogen-bond donors (Lipinski definition) is 3. The van der Waals surface area contributed by atoms with Crippen LogP contribution < -0.4 is 16.8 Å². The summed E-state index contributed by atoms with van der Waals surface area (Å²) < 4.78 is 0. The zero-order chi connectivity index (χ0) is 14.7. The largest absolute Gasteiger partial charge is 0.399 e. The van der Waals surface area contributed by atoms with Crippen LogP contribution in [0.5, 0.6) is 0 Å². The lowest BCUT2D eigenvalue weighted by Gasteiger charge is -2.14. The molecule has 0 aliphatic carbocycles. The molecule has 2 aromatic carbocycles. The highest BCUT2D eigenvalue weighted by Gasteiger charge is 2.11. The first-order valence-electron chi connectivity index (χ1n) is 6.53. The van der Waals surface area contributed by atoms with Crippen molar-refractivity contribution in [2.75, 3.05) is 16.8 Å². The Hall–Kier alpha value is -2.49. The molecule has 2 aromatic rings. The number of benzene rings is 2. The molecular weight excluding hydrogens is 250 g/mol. The maximum Gasteiger partial charge on any atom is 0.255 e. The van der Waals surface area contributed by atoms with Gasteiger partial charge in [-0.05, 0) is 53.9 Å². The van der Waals surface area contributed by atoms with Gasteiger partial charge in [0.05, 0.1) is 0 Å². The van der Waals surface area contributed by atoms with Crippen molar-refractivity contribution in [3.05, 3.63) is 53.6 Å². The van der Waals surface area contributed by atoms with Crippen molar-refractivity contribution in [1.82, 2.24) is 0 Å². The van der Waals surface area contributed by atoms with E-state index < -0.39 is 0 Å². The minimum absolute atomic E-state index is 0.156. The summed E-state index contributed by atoms with van der Waals surface area (Å²) in [5, 5.41) is 2.92. The summed E-state index contributed by atoms with van der Waals surface area (Å²) in [6.07, 6.45) is 0. The summed E-state index contributed by atoms with van der Waals surface area (Å²) in [5.41, 5.74) is 15.1.